The lowest BCUT2D eigenvalue weighted by Crippen LogP contribution is -2.52. The van der Waals surface area contributed by atoms with E-state index in [9.17, 15) is 4.79 Å². The molecule has 0 aliphatic heterocycles. The van der Waals surface area contributed by atoms with Gasteiger partial charge in [-0.2, -0.15) is 0 Å². The number of allylic oxidation sites excluding steroid dienone is 2. The first-order valence-electron chi connectivity index (χ1n) is 11.3. The van der Waals surface area contributed by atoms with Crippen LogP contribution in [0.1, 0.15) is 90.9 Å². The summed E-state index contributed by atoms with van der Waals surface area (Å²) >= 11 is 0. The molecule has 0 spiro atoms. The molecule has 0 amide bonds. The Bertz CT molecular complexity index is 579. The maximum Gasteiger partial charge on any atom is 0.305 e. The van der Waals surface area contributed by atoms with E-state index in [0.717, 1.165) is 36.5 Å². The first kappa shape index (κ1) is 18.6. The minimum atomic E-state index is -0.0578. The molecule has 2 heteroatoms. The summed E-state index contributed by atoms with van der Waals surface area (Å²) in [7, 11) is 1.50. The Hall–Kier alpha value is -0.790. The van der Waals surface area contributed by atoms with Crippen molar-refractivity contribution in [2.75, 3.05) is 7.11 Å². The van der Waals surface area contributed by atoms with E-state index in [1.54, 1.807) is 5.57 Å². The van der Waals surface area contributed by atoms with Crippen LogP contribution in [0.4, 0.5) is 0 Å². The number of hydrogen-bond donors (Lipinski definition) is 0. The molecule has 6 atom stereocenters. The Kier molecular flexibility index (Phi) is 4.99. The molecule has 4 aliphatic rings. The van der Waals surface area contributed by atoms with Gasteiger partial charge in [-0.1, -0.05) is 38.3 Å². The van der Waals surface area contributed by atoms with Crippen LogP contribution < -0.4 is 0 Å². The van der Waals surface area contributed by atoms with Crippen molar-refractivity contribution in [3.8, 4) is 0 Å². The SMILES string of the molecule is COC(=O)CCCC1=CCC2C3CCC4CCCCC4(C)C3CCC12C. The van der Waals surface area contributed by atoms with Crippen LogP contribution in [0, 0.1) is 34.5 Å². The molecular weight excluding hydrogens is 320 g/mol. The smallest absolute Gasteiger partial charge is 0.305 e. The van der Waals surface area contributed by atoms with Gasteiger partial charge in [-0.15, -0.1) is 0 Å². The third kappa shape index (κ3) is 2.87. The minimum Gasteiger partial charge on any atom is -0.469 e. The van der Waals surface area contributed by atoms with Crippen molar-refractivity contribution in [2.24, 2.45) is 34.5 Å². The summed E-state index contributed by atoms with van der Waals surface area (Å²) in [5.74, 6) is 3.74. The second kappa shape index (κ2) is 6.99. The third-order valence-corrected chi connectivity index (χ3v) is 9.38. The van der Waals surface area contributed by atoms with Gasteiger partial charge in [0.1, 0.15) is 0 Å². The summed E-state index contributed by atoms with van der Waals surface area (Å²) in [6.07, 6.45) is 18.2. The molecule has 3 fully saturated rings. The standard InChI is InChI=1S/C24H38O2/c1-23-15-5-4-7-17(23)10-12-19-20-13-11-18(8-6-9-22(25)26-3)24(20,2)16-14-21(19)23/h11,17,19-21H,4-10,12-16H2,1-3H3. The highest BCUT2D eigenvalue weighted by atomic mass is 16.5. The van der Waals surface area contributed by atoms with E-state index in [0.29, 0.717) is 17.3 Å². The van der Waals surface area contributed by atoms with Gasteiger partial charge in [0.05, 0.1) is 7.11 Å². The van der Waals surface area contributed by atoms with Crippen LogP contribution in [-0.2, 0) is 9.53 Å². The summed E-state index contributed by atoms with van der Waals surface area (Å²) in [5, 5.41) is 0. The van der Waals surface area contributed by atoms with E-state index in [1.165, 1.54) is 64.9 Å². The third-order valence-electron chi connectivity index (χ3n) is 9.38. The van der Waals surface area contributed by atoms with Gasteiger partial charge in [-0.05, 0) is 92.3 Å². The Balaban J connectivity index is 1.46. The van der Waals surface area contributed by atoms with Crippen LogP contribution in [-0.4, -0.2) is 13.1 Å². The van der Waals surface area contributed by atoms with E-state index in [-0.39, 0.29) is 5.97 Å². The lowest BCUT2D eigenvalue weighted by molar-refractivity contribution is -0.140. The van der Waals surface area contributed by atoms with Crippen LogP contribution in [0.15, 0.2) is 11.6 Å². The Labute approximate surface area is 160 Å². The molecule has 3 saturated carbocycles. The van der Waals surface area contributed by atoms with Crippen molar-refractivity contribution in [1.82, 2.24) is 0 Å². The van der Waals surface area contributed by atoms with Crippen LogP contribution in [0.5, 0.6) is 0 Å². The highest BCUT2D eigenvalue weighted by Crippen LogP contribution is 2.66. The molecule has 0 bridgehead atoms. The normalized spacial score (nSPS) is 44.5. The number of carbonyl (C=O) groups is 1. The molecule has 0 saturated heterocycles. The van der Waals surface area contributed by atoms with Crippen molar-refractivity contribution in [1.29, 1.82) is 0 Å². The highest BCUT2D eigenvalue weighted by Gasteiger charge is 2.57. The summed E-state index contributed by atoms with van der Waals surface area (Å²) in [6.45, 7) is 5.22. The van der Waals surface area contributed by atoms with E-state index in [4.69, 9.17) is 4.74 Å². The fourth-order valence-electron chi connectivity index (χ4n) is 7.86. The second-order valence-electron chi connectivity index (χ2n) is 10.3. The van der Waals surface area contributed by atoms with Gasteiger partial charge in [-0.25, -0.2) is 0 Å². The van der Waals surface area contributed by atoms with Gasteiger partial charge >= 0.3 is 5.97 Å². The first-order chi connectivity index (χ1) is 12.5. The van der Waals surface area contributed by atoms with E-state index < -0.39 is 0 Å². The van der Waals surface area contributed by atoms with E-state index >= 15 is 0 Å². The molecule has 2 nitrogen and oxygen atoms in total. The monoisotopic (exact) mass is 358 g/mol. The Morgan fingerprint density at radius 1 is 1.12 bits per heavy atom. The summed E-state index contributed by atoms with van der Waals surface area (Å²) < 4.78 is 4.82. The van der Waals surface area contributed by atoms with Gasteiger partial charge in [0, 0.05) is 6.42 Å². The molecule has 0 aromatic carbocycles. The lowest BCUT2D eigenvalue weighted by atomic mass is 9.45. The maximum atomic E-state index is 11.5. The number of esters is 1. The predicted molar refractivity (Wildman–Crippen MR) is 106 cm³/mol. The molecular formula is C24H38O2. The number of rotatable bonds is 4. The number of carbonyl (C=O) groups excluding carboxylic acids is 1. The summed E-state index contributed by atoms with van der Waals surface area (Å²) in [4.78, 5) is 11.5. The highest BCUT2D eigenvalue weighted by molar-refractivity contribution is 5.69. The van der Waals surface area contributed by atoms with E-state index in [1.807, 2.05) is 0 Å². The van der Waals surface area contributed by atoms with Gasteiger partial charge in [0.25, 0.3) is 0 Å². The molecule has 0 radical (unpaired) electrons. The molecule has 0 N–H and O–H groups in total. The number of methoxy groups -OCH3 is 1. The van der Waals surface area contributed by atoms with Crippen molar-refractivity contribution >= 4 is 5.97 Å². The van der Waals surface area contributed by atoms with Crippen molar-refractivity contribution in [3.05, 3.63) is 11.6 Å². The molecule has 0 aromatic rings. The fraction of sp³-hybridized carbons (Fsp3) is 0.875. The summed E-state index contributed by atoms with van der Waals surface area (Å²) in [5.41, 5.74) is 2.71. The van der Waals surface area contributed by atoms with Gasteiger partial charge in [0.2, 0.25) is 0 Å². The van der Waals surface area contributed by atoms with Gasteiger partial charge < -0.3 is 4.74 Å². The second-order valence-corrected chi connectivity index (χ2v) is 10.3. The number of fused-ring (bicyclic) bond motifs is 5. The number of ether oxygens (including phenoxy) is 1. The lowest BCUT2D eigenvalue weighted by Gasteiger charge is -2.60. The average molecular weight is 359 g/mol. The van der Waals surface area contributed by atoms with Crippen molar-refractivity contribution in [2.45, 2.75) is 90.9 Å². The van der Waals surface area contributed by atoms with E-state index in [2.05, 4.69) is 19.9 Å². The molecule has 0 aromatic heterocycles. The first-order valence-corrected chi connectivity index (χ1v) is 11.3. The topological polar surface area (TPSA) is 26.3 Å². The zero-order valence-corrected chi connectivity index (χ0v) is 17.2. The Morgan fingerprint density at radius 3 is 2.77 bits per heavy atom. The maximum absolute atomic E-state index is 11.5. The molecule has 0 heterocycles. The van der Waals surface area contributed by atoms with Crippen LogP contribution >= 0.6 is 0 Å². The minimum absolute atomic E-state index is 0.0578. The number of hydrogen-bond acceptors (Lipinski definition) is 2. The van der Waals surface area contributed by atoms with Crippen LogP contribution in [0.25, 0.3) is 0 Å². The molecule has 26 heavy (non-hydrogen) atoms. The average Bonchev–Trinajstić information content (AvgIpc) is 2.97. The molecule has 4 aliphatic carbocycles. The Morgan fingerprint density at radius 2 is 1.96 bits per heavy atom. The zero-order valence-electron chi connectivity index (χ0n) is 17.2. The van der Waals surface area contributed by atoms with Crippen LogP contribution in [0.3, 0.4) is 0 Å². The summed E-state index contributed by atoms with van der Waals surface area (Å²) in [6, 6.07) is 0. The van der Waals surface area contributed by atoms with Gasteiger partial charge in [0.15, 0.2) is 0 Å². The molecule has 6 unspecified atom stereocenters. The predicted octanol–water partition coefficient (Wildman–Crippen LogP) is 6.30. The molecule has 146 valence electrons. The van der Waals surface area contributed by atoms with Crippen LogP contribution in [0.2, 0.25) is 0 Å². The van der Waals surface area contributed by atoms with Crippen molar-refractivity contribution < 1.29 is 9.53 Å². The fourth-order valence-corrected chi connectivity index (χ4v) is 7.86. The zero-order chi connectivity index (χ0) is 18.4. The molecule has 4 rings (SSSR count). The van der Waals surface area contributed by atoms with Gasteiger partial charge in [-0.3, -0.25) is 4.79 Å². The largest absolute Gasteiger partial charge is 0.469 e. The quantitative estimate of drug-likeness (QED) is 0.435. The van der Waals surface area contributed by atoms with Crippen molar-refractivity contribution in [3.63, 3.8) is 0 Å².